The van der Waals surface area contributed by atoms with Gasteiger partial charge in [-0.1, -0.05) is 18.2 Å². The van der Waals surface area contributed by atoms with Crippen molar-refractivity contribution < 1.29 is 29.6 Å². The second kappa shape index (κ2) is 6.87. The van der Waals surface area contributed by atoms with Crippen molar-refractivity contribution in [1.29, 1.82) is 0 Å². The summed E-state index contributed by atoms with van der Waals surface area (Å²) in [6.45, 7) is 1.39. The number of carbonyl (C=O) groups excluding carboxylic acids is 2. The molecule has 0 spiro atoms. The molecule has 0 saturated heterocycles. The van der Waals surface area contributed by atoms with Gasteiger partial charge in [0, 0.05) is 5.56 Å². The topological polar surface area (TPSA) is 104 Å². The van der Waals surface area contributed by atoms with Crippen molar-refractivity contribution in [1.82, 2.24) is 0 Å². The van der Waals surface area contributed by atoms with E-state index < -0.39 is 17.3 Å². The maximum Gasteiger partial charge on any atom is 0.193 e. The molecule has 0 atom stereocenters. The highest BCUT2D eigenvalue weighted by Crippen LogP contribution is 2.41. The minimum absolute atomic E-state index is 0.0132. The van der Waals surface area contributed by atoms with Crippen molar-refractivity contribution >= 4 is 18.1 Å². The molecule has 0 aliphatic heterocycles. The number of ether oxygens (including phenoxy) is 1. The summed E-state index contributed by atoms with van der Waals surface area (Å²) in [5.41, 5.74) is 0.268. The molecule has 3 N–H and O–H groups in total. The van der Waals surface area contributed by atoms with Crippen LogP contribution in [0, 0.1) is 6.92 Å². The van der Waals surface area contributed by atoms with E-state index in [0.717, 1.165) is 0 Å². The Balaban J connectivity index is 2.50. The Hall–Kier alpha value is -3.28. The number of hydrogen-bond donors (Lipinski definition) is 3. The first-order valence-corrected chi connectivity index (χ1v) is 6.99. The summed E-state index contributed by atoms with van der Waals surface area (Å²) < 4.78 is 5.03. The Labute approximate surface area is 138 Å². The third-order valence-electron chi connectivity index (χ3n) is 3.56. The summed E-state index contributed by atoms with van der Waals surface area (Å²) in [5, 5.41) is 29.3. The lowest BCUT2D eigenvalue weighted by Crippen LogP contribution is -2.05. The number of rotatable bonds is 5. The molecule has 0 aliphatic carbocycles. The van der Waals surface area contributed by atoms with Crippen LogP contribution in [0.15, 0.2) is 30.3 Å². The first kappa shape index (κ1) is 17.1. The van der Waals surface area contributed by atoms with Gasteiger partial charge in [-0.2, -0.15) is 0 Å². The van der Waals surface area contributed by atoms with Crippen LogP contribution in [0.25, 0.3) is 6.08 Å². The molecule has 0 radical (unpaired) electrons. The number of ketones is 1. The van der Waals surface area contributed by atoms with Crippen molar-refractivity contribution in [2.75, 3.05) is 7.11 Å². The number of aldehydes is 1. The molecule has 2 rings (SSSR count). The fourth-order valence-corrected chi connectivity index (χ4v) is 2.24. The maximum atomic E-state index is 12.4. The Bertz CT molecular complexity index is 819. The van der Waals surface area contributed by atoms with Crippen LogP contribution < -0.4 is 4.74 Å². The van der Waals surface area contributed by atoms with E-state index >= 15 is 0 Å². The Morgan fingerprint density at radius 1 is 1.08 bits per heavy atom. The molecule has 0 amide bonds. The van der Waals surface area contributed by atoms with E-state index in [0.29, 0.717) is 11.8 Å². The number of phenolic OH excluding ortho intramolecular Hbond substituents is 3. The highest BCUT2D eigenvalue weighted by Gasteiger charge is 2.25. The Morgan fingerprint density at radius 3 is 2.25 bits per heavy atom. The molecule has 0 aliphatic rings. The van der Waals surface area contributed by atoms with Crippen molar-refractivity contribution in [3.63, 3.8) is 0 Å². The van der Waals surface area contributed by atoms with E-state index in [1.807, 2.05) is 0 Å². The Kier molecular flexibility index (Phi) is 4.89. The van der Waals surface area contributed by atoms with Gasteiger partial charge in [-0.15, -0.1) is 0 Å². The Morgan fingerprint density at radius 2 is 1.71 bits per heavy atom. The first-order valence-electron chi connectivity index (χ1n) is 6.99. The van der Waals surface area contributed by atoms with Crippen LogP contribution in [0.5, 0.6) is 23.0 Å². The first-order chi connectivity index (χ1) is 11.4. The molecule has 0 bridgehead atoms. The van der Waals surface area contributed by atoms with Crippen molar-refractivity contribution in [2.45, 2.75) is 6.92 Å². The SMILES string of the molecule is COc1c(C=O)c(O)c(C)c(O)c1C(=O)C=Cc1ccc(O)cc1. The third kappa shape index (κ3) is 3.08. The summed E-state index contributed by atoms with van der Waals surface area (Å²) in [6, 6.07) is 6.15. The minimum Gasteiger partial charge on any atom is -0.508 e. The van der Waals surface area contributed by atoms with Crippen LogP contribution in [0.1, 0.15) is 31.8 Å². The van der Waals surface area contributed by atoms with E-state index in [-0.39, 0.29) is 28.2 Å². The number of aromatic hydroxyl groups is 3. The minimum atomic E-state index is -0.594. The van der Waals surface area contributed by atoms with E-state index in [9.17, 15) is 24.9 Å². The number of hydrogen-bond acceptors (Lipinski definition) is 6. The summed E-state index contributed by atoms with van der Waals surface area (Å²) in [7, 11) is 1.23. The van der Waals surface area contributed by atoms with Crippen molar-refractivity contribution in [3.05, 3.63) is 52.6 Å². The number of allylic oxidation sites excluding steroid dienone is 1. The number of methoxy groups -OCH3 is 1. The zero-order valence-electron chi connectivity index (χ0n) is 13.1. The van der Waals surface area contributed by atoms with Crippen molar-refractivity contribution in [3.8, 4) is 23.0 Å². The van der Waals surface area contributed by atoms with E-state index in [1.165, 1.54) is 38.3 Å². The highest BCUT2D eigenvalue weighted by molar-refractivity contribution is 6.12. The predicted molar refractivity (Wildman–Crippen MR) is 87.9 cm³/mol. The largest absolute Gasteiger partial charge is 0.508 e. The average molecular weight is 328 g/mol. The van der Waals surface area contributed by atoms with Gasteiger partial charge in [0.1, 0.15) is 28.6 Å². The lowest BCUT2D eigenvalue weighted by atomic mass is 9.98. The molecular formula is C18H16O6. The smallest absolute Gasteiger partial charge is 0.193 e. The summed E-state index contributed by atoms with van der Waals surface area (Å²) in [6.07, 6.45) is 3.06. The van der Waals surface area contributed by atoms with E-state index in [4.69, 9.17) is 4.74 Å². The van der Waals surface area contributed by atoms with Crippen LogP contribution in [-0.2, 0) is 0 Å². The lowest BCUT2D eigenvalue weighted by molar-refractivity contribution is 0.104. The monoisotopic (exact) mass is 328 g/mol. The van der Waals surface area contributed by atoms with Gasteiger partial charge in [-0.25, -0.2) is 0 Å². The highest BCUT2D eigenvalue weighted by atomic mass is 16.5. The maximum absolute atomic E-state index is 12.4. The normalized spacial score (nSPS) is 10.8. The summed E-state index contributed by atoms with van der Waals surface area (Å²) in [5.74, 6) is -1.56. The molecule has 0 unspecified atom stereocenters. The molecule has 6 nitrogen and oxygen atoms in total. The molecule has 24 heavy (non-hydrogen) atoms. The molecule has 0 saturated carbocycles. The zero-order chi connectivity index (χ0) is 17.9. The van der Waals surface area contributed by atoms with Gasteiger partial charge in [0.05, 0.1) is 12.7 Å². The summed E-state index contributed by atoms with van der Waals surface area (Å²) >= 11 is 0. The number of benzene rings is 2. The van der Waals surface area contributed by atoms with Gasteiger partial charge < -0.3 is 20.1 Å². The fourth-order valence-electron chi connectivity index (χ4n) is 2.24. The molecule has 124 valence electrons. The van der Waals surface area contributed by atoms with Gasteiger partial charge in [0.15, 0.2) is 12.1 Å². The van der Waals surface area contributed by atoms with Gasteiger partial charge in [0.25, 0.3) is 0 Å². The lowest BCUT2D eigenvalue weighted by Gasteiger charge is -2.14. The molecule has 0 fully saturated rings. The second-order valence-corrected chi connectivity index (χ2v) is 5.05. The van der Waals surface area contributed by atoms with Gasteiger partial charge in [-0.05, 0) is 30.7 Å². The van der Waals surface area contributed by atoms with Crippen molar-refractivity contribution in [2.24, 2.45) is 0 Å². The number of phenols is 3. The van der Waals surface area contributed by atoms with Crippen LogP contribution >= 0.6 is 0 Å². The molecule has 2 aromatic rings. The van der Waals surface area contributed by atoms with Crippen LogP contribution in [0.2, 0.25) is 0 Å². The fraction of sp³-hybridized carbons (Fsp3) is 0.111. The quantitative estimate of drug-likeness (QED) is 0.443. The molecule has 0 heterocycles. The third-order valence-corrected chi connectivity index (χ3v) is 3.56. The summed E-state index contributed by atoms with van der Waals surface area (Å²) in [4.78, 5) is 23.6. The zero-order valence-corrected chi connectivity index (χ0v) is 13.1. The van der Waals surface area contributed by atoms with Gasteiger partial charge in [0.2, 0.25) is 0 Å². The molecular weight excluding hydrogens is 312 g/mol. The van der Waals surface area contributed by atoms with Crippen LogP contribution in [0.4, 0.5) is 0 Å². The average Bonchev–Trinajstić information content (AvgIpc) is 2.58. The van der Waals surface area contributed by atoms with Crippen LogP contribution in [0.3, 0.4) is 0 Å². The van der Waals surface area contributed by atoms with Gasteiger partial charge in [-0.3, -0.25) is 9.59 Å². The van der Waals surface area contributed by atoms with Crippen LogP contribution in [-0.4, -0.2) is 34.5 Å². The molecule has 2 aromatic carbocycles. The number of carbonyl (C=O) groups is 2. The standard InChI is InChI=1S/C18H16O6/c1-10-16(22)13(9-19)18(24-2)15(17(10)23)14(21)8-5-11-3-6-12(20)7-4-11/h3-9,20,22-23H,1-2H3. The molecule has 6 heteroatoms. The van der Waals surface area contributed by atoms with E-state index in [2.05, 4.69) is 0 Å². The predicted octanol–water partition coefficient (Wildman–Crippen LogP) is 2.83. The van der Waals surface area contributed by atoms with Gasteiger partial charge >= 0.3 is 0 Å². The second-order valence-electron chi connectivity index (χ2n) is 5.05. The molecule has 0 aromatic heterocycles. The van der Waals surface area contributed by atoms with E-state index in [1.54, 1.807) is 12.1 Å².